The maximum atomic E-state index is 12.1. The number of rotatable bonds is 6. The molecule has 1 aromatic rings. The molecular formula is C15H22N2O4S. The number of sulfonamides is 1. The van der Waals surface area contributed by atoms with Crippen molar-refractivity contribution in [2.45, 2.75) is 25.9 Å². The van der Waals surface area contributed by atoms with Gasteiger partial charge in [-0.3, -0.25) is 0 Å². The molecule has 0 atom stereocenters. The molecule has 1 aromatic carbocycles. The molecule has 7 heteroatoms. The molecule has 0 bridgehead atoms. The molecule has 0 unspecified atom stereocenters. The van der Waals surface area contributed by atoms with Gasteiger partial charge in [-0.05, 0) is 18.4 Å². The normalized spacial score (nSPS) is 16.2. The third-order valence-electron chi connectivity index (χ3n) is 3.55. The Morgan fingerprint density at radius 2 is 1.82 bits per heavy atom. The SMILES string of the molecule is O=C(NCCS(=O)(=O)N1CCCCC1)OCc1ccccc1. The Bertz CT molecular complexity index is 568. The molecule has 6 nitrogen and oxygen atoms in total. The van der Waals surface area contributed by atoms with Gasteiger partial charge in [0.05, 0.1) is 5.75 Å². The van der Waals surface area contributed by atoms with Crippen LogP contribution in [0.1, 0.15) is 24.8 Å². The van der Waals surface area contributed by atoms with Crippen LogP contribution in [0.3, 0.4) is 0 Å². The highest BCUT2D eigenvalue weighted by Crippen LogP contribution is 2.13. The Hall–Kier alpha value is -1.60. The first-order chi connectivity index (χ1) is 10.6. The van der Waals surface area contributed by atoms with Gasteiger partial charge in [-0.2, -0.15) is 0 Å². The summed E-state index contributed by atoms with van der Waals surface area (Å²) in [6, 6.07) is 9.32. The summed E-state index contributed by atoms with van der Waals surface area (Å²) in [4.78, 5) is 11.5. The van der Waals surface area contributed by atoms with Crippen molar-refractivity contribution in [2.75, 3.05) is 25.4 Å². The molecule has 1 amide bonds. The van der Waals surface area contributed by atoms with E-state index in [1.807, 2.05) is 30.3 Å². The molecular weight excluding hydrogens is 304 g/mol. The fourth-order valence-corrected chi connectivity index (χ4v) is 3.76. The summed E-state index contributed by atoms with van der Waals surface area (Å²) in [6.07, 6.45) is 2.30. The van der Waals surface area contributed by atoms with Crippen LogP contribution in [0.25, 0.3) is 0 Å². The highest BCUT2D eigenvalue weighted by Gasteiger charge is 2.23. The van der Waals surface area contributed by atoms with Crippen LogP contribution in [-0.2, 0) is 21.4 Å². The number of carbonyl (C=O) groups is 1. The van der Waals surface area contributed by atoms with E-state index < -0.39 is 16.1 Å². The zero-order valence-electron chi connectivity index (χ0n) is 12.5. The van der Waals surface area contributed by atoms with Gasteiger partial charge >= 0.3 is 6.09 Å². The third-order valence-corrected chi connectivity index (χ3v) is 5.42. The Morgan fingerprint density at radius 1 is 1.14 bits per heavy atom. The van der Waals surface area contributed by atoms with Crippen molar-refractivity contribution >= 4 is 16.1 Å². The predicted octanol–water partition coefficient (Wildman–Crippen LogP) is 1.73. The Morgan fingerprint density at radius 3 is 2.50 bits per heavy atom. The van der Waals surface area contributed by atoms with Crippen LogP contribution in [0.4, 0.5) is 4.79 Å². The van der Waals surface area contributed by atoms with E-state index in [9.17, 15) is 13.2 Å². The van der Waals surface area contributed by atoms with Gasteiger partial charge in [0.2, 0.25) is 10.0 Å². The van der Waals surface area contributed by atoms with Crippen LogP contribution >= 0.6 is 0 Å². The number of hydrogen-bond donors (Lipinski definition) is 1. The number of ether oxygens (including phenoxy) is 1. The van der Waals surface area contributed by atoms with Gasteiger partial charge in [-0.25, -0.2) is 17.5 Å². The quantitative estimate of drug-likeness (QED) is 0.864. The molecule has 0 aromatic heterocycles. The highest BCUT2D eigenvalue weighted by atomic mass is 32.2. The van der Waals surface area contributed by atoms with Crippen molar-refractivity contribution in [2.24, 2.45) is 0 Å². The van der Waals surface area contributed by atoms with Crippen molar-refractivity contribution in [1.82, 2.24) is 9.62 Å². The van der Waals surface area contributed by atoms with Crippen LogP contribution in [0.5, 0.6) is 0 Å². The summed E-state index contributed by atoms with van der Waals surface area (Å²) in [5.74, 6) is -0.0898. The van der Waals surface area contributed by atoms with Gasteiger partial charge < -0.3 is 10.1 Å². The molecule has 0 radical (unpaired) electrons. The van der Waals surface area contributed by atoms with Crippen LogP contribution in [-0.4, -0.2) is 44.2 Å². The summed E-state index contributed by atoms with van der Waals surface area (Å²) in [5, 5.41) is 2.48. The molecule has 0 saturated carbocycles. The summed E-state index contributed by atoms with van der Waals surface area (Å²) in [5.41, 5.74) is 0.888. The van der Waals surface area contributed by atoms with E-state index in [4.69, 9.17) is 4.74 Å². The minimum atomic E-state index is -3.28. The number of amides is 1. The lowest BCUT2D eigenvalue weighted by atomic mass is 10.2. The predicted molar refractivity (Wildman–Crippen MR) is 83.8 cm³/mol. The second-order valence-electron chi connectivity index (χ2n) is 5.26. The third kappa shape index (κ3) is 5.31. The van der Waals surface area contributed by atoms with Gasteiger partial charge in [0.1, 0.15) is 6.61 Å². The Kier molecular flexibility index (Phi) is 6.21. The fraction of sp³-hybridized carbons (Fsp3) is 0.533. The monoisotopic (exact) mass is 326 g/mol. The van der Waals surface area contributed by atoms with Crippen molar-refractivity contribution < 1.29 is 17.9 Å². The summed E-state index contributed by atoms with van der Waals surface area (Å²) in [7, 11) is -3.28. The number of hydrogen-bond acceptors (Lipinski definition) is 4. The summed E-state index contributed by atoms with van der Waals surface area (Å²) in [6.45, 7) is 1.40. The Balaban J connectivity index is 1.68. The minimum Gasteiger partial charge on any atom is -0.445 e. The van der Waals surface area contributed by atoms with E-state index in [0.29, 0.717) is 13.1 Å². The number of benzene rings is 1. The number of nitrogens with zero attached hydrogens (tertiary/aromatic N) is 1. The fourth-order valence-electron chi connectivity index (χ4n) is 2.33. The van der Waals surface area contributed by atoms with Gasteiger partial charge in [0.25, 0.3) is 0 Å². The number of piperidine rings is 1. The molecule has 1 heterocycles. The molecule has 0 spiro atoms. The van der Waals surface area contributed by atoms with E-state index in [1.165, 1.54) is 4.31 Å². The van der Waals surface area contributed by atoms with E-state index in [1.54, 1.807) is 0 Å². The average Bonchev–Trinajstić information content (AvgIpc) is 2.54. The molecule has 1 fully saturated rings. The van der Waals surface area contributed by atoms with E-state index in [0.717, 1.165) is 24.8 Å². The summed E-state index contributed by atoms with van der Waals surface area (Å²) < 4.78 is 30.7. The molecule has 22 heavy (non-hydrogen) atoms. The second kappa shape index (κ2) is 8.14. The molecule has 1 saturated heterocycles. The van der Waals surface area contributed by atoms with Gasteiger partial charge in [-0.1, -0.05) is 36.8 Å². The lowest BCUT2D eigenvalue weighted by Crippen LogP contribution is -2.40. The Labute approximate surface area is 131 Å². The van der Waals surface area contributed by atoms with E-state index in [2.05, 4.69) is 5.32 Å². The van der Waals surface area contributed by atoms with Crippen molar-refractivity contribution in [3.63, 3.8) is 0 Å². The van der Waals surface area contributed by atoms with Gasteiger partial charge in [-0.15, -0.1) is 0 Å². The first kappa shape index (κ1) is 16.8. The molecule has 1 aliphatic rings. The molecule has 122 valence electrons. The standard InChI is InChI=1S/C15H22N2O4S/c18-15(21-13-14-7-3-1-4-8-14)16-9-12-22(19,20)17-10-5-2-6-11-17/h1,3-4,7-8H,2,5-6,9-13H2,(H,16,18). The first-order valence-corrected chi connectivity index (χ1v) is 9.11. The summed E-state index contributed by atoms with van der Waals surface area (Å²) >= 11 is 0. The largest absolute Gasteiger partial charge is 0.445 e. The van der Waals surface area contributed by atoms with Crippen LogP contribution in [0, 0.1) is 0 Å². The second-order valence-corrected chi connectivity index (χ2v) is 7.35. The maximum absolute atomic E-state index is 12.1. The van der Waals surface area contributed by atoms with Crippen LogP contribution in [0.15, 0.2) is 30.3 Å². The molecule has 1 N–H and O–H groups in total. The minimum absolute atomic E-state index is 0.0620. The number of alkyl carbamates (subject to hydrolysis) is 1. The van der Waals surface area contributed by atoms with Crippen LogP contribution < -0.4 is 5.32 Å². The smallest absolute Gasteiger partial charge is 0.407 e. The van der Waals surface area contributed by atoms with Gasteiger partial charge in [0.15, 0.2) is 0 Å². The topological polar surface area (TPSA) is 75.7 Å². The first-order valence-electron chi connectivity index (χ1n) is 7.50. The highest BCUT2D eigenvalue weighted by molar-refractivity contribution is 7.89. The zero-order valence-corrected chi connectivity index (χ0v) is 13.3. The van der Waals surface area contributed by atoms with E-state index in [-0.39, 0.29) is 18.9 Å². The van der Waals surface area contributed by atoms with Crippen LogP contribution in [0.2, 0.25) is 0 Å². The molecule has 2 rings (SSSR count). The lowest BCUT2D eigenvalue weighted by molar-refractivity contribution is 0.140. The zero-order chi connectivity index (χ0) is 15.8. The maximum Gasteiger partial charge on any atom is 0.407 e. The lowest BCUT2D eigenvalue weighted by Gasteiger charge is -2.25. The average molecular weight is 326 g/mol. The van der Waals surface area contributed by atoms with Gasteiger partial charge in [0, 0.05) is 19.6 Å². The van der Waals surface area contributed by atoms with Crippen molar-refractivity contribution in [1.29, 1.82) is 0 Å². The van der Waals surface area contributed by atoms with E-state index >= 15 is 0 Å². The molecule has 0 aliphatic carbocycles. The molecule has 1 aliphatic heterocycles. The van der Waals surface area contributed by atoms with Crippen molar-refractivity contribution in [3.8, 4) is 0 Å². The van der Waals surface area contributed by atoms with Crippen molar-refractivity contribution in [3.05, 3.63) is 35.9 Å². The number of nitrogens with one attached hydrogen (secondary N) is 1. The number of carbonyl (C=O) groups excluding carboxylic acids is 1.